The summed E-state index contributed by atoms with van der Waals surface area (Å²) in [5.41, 5.74) is 0. The van der Waals surface area contributed by atoms with Gasteiger partial charge in [-0.3, -0.25) is 0 Å². The second kappa shape index (κ2) is 3.52. The van der Waals surface area contributed by atoms with Crippen molar-refractivity contribution in [2.75, 3.05) is 11.9 Å². The Bertz CT molecular complexity index is 390. The molecule has 0 spiro atoms. The molecule has 0 aliphatic carbocycles. The Labute approximate surface area is 78.0 Å². The summed E-state index contributed by atoms with van der Waals surface area (Å²) in [6.45, 7) is 3.18. The van der Waals surface area contributed by atoms with E-state index in [4.69, 9.17) is 0 Å². The topological polar surface area (TPSA) is 27.8 Å². The first-order chi connectivity index (χ1) is 6.42. The summed E-state index contributed by atoms with van der Waals surface area (Å²) in [7, 11) is 0. The lowest BCUT2D eigenvalue weighted by Crippen LogP contribution is -1.99. The monoisotopic (exact) mass is 174 g/mol. The standard InChI is InChI=1S/C11H14N2/c1-2-7-12-11-10-6-4-3-5-9(10)8-13-11/h3-6,8,12-13H,2,7H2,1H3. The summed E-state index contributed by atoms with van der Waals surface area (Å²) in [6.07, 6.45) is 3.18. The molecule has 0 atom stereocenters. The van der Waals surface area contributed by atoms with Crippen LogP contribution < -0.4 is 5.32 Å². The molecule has 2 nitrogen and oxygen atoms in total. The predicted octanol–water partition coefficient (Wildman–Crippen LogP) is 2.99. The number of aromatic amines is 1. The highest BCUT2D eigenvalue weighted by molar-refractivity contribution is 5.92. The fraction of sp³-hybridized carbons (Fsp3) is 0.273. The fourth-order valence-corrected chi connectivity index (χ4v) is 1.47. The molecular weight excluding hydrogens is 160 g/mol. The van der Waals surface area contributed by atoms with E-state index < -0.39 is 0 Å². The predicted molar refractivity (Wildman–Crippen MR) is 57.1 cm³/mol. The number of hydrogen-bond donors (Lipinski definition) is 2. The maximum Gasteiger partial charge on any atom is 0.111 e. The van der Waals surface area contributed by atoms with Crippen LogP contribution in [0.2, 0.25) is 0 Å². The van der Waals surface area contributed by atoms with Gasteiger partial charge in [0.25, 0.3) is 0 Å². The quantitative estimate of drug-likeness (QED) is 0.735. The Morgan fingerprint density at radius 2 is 2.15 bits per heavy atom. The van der Waals surface area contributed by atoms with Crippen molar-refractivity contribution >= 4 is 16.6 Å². The molecule has 0 radical (unpaired) electrons. The number of anilines is 1. The smallest absolute Gasteiger partial charge is 0.111 e. The van der Waals surface area contributed by atoms with Crippen LogP contribution in [0.4, 0.5) is 5.82 Å². The second-order valence-corrected chi connectivity index (χ2v) is 3.18. The molecule has 0 bridgehead atoms. The summed E-state index contributed by atoms with van der Waals surface area (Å²) < 4.78 is 0. The molecule has 0 fully saturated rings. The van der Waals surface area contributed by atoms with Gasteiger partial charge in [-0.25, -0.2) is 0 Å². The van der Waals surface area contributed by atoms with Crippen LogP contribution in [0.1, 0.15) is 13.3 Å². The Balaban J connectivity index is 2.35. The molecule has 0 amide bonds. The molecule has 1 aromatic carbocycles. The van der Waals surface area contributed by atoms with E-state index >= 15 is 0 Å². The minimum absolute atomic E-state index is 1.02. The SMILES string of the molecule is CCCNc1[nH]cc2ccccc12. The summed E-state index contributed by atoms with van der Waals surface area (Å²) in [4.78, 5) is 3.24. The Kier molecular flexibility index (Phi) is 2.21. The van der Waals surface area contributed by atoms with Gasteiger partial charge in [-0.15, -0.1) is 0 Å². The van der Waals surface area contributed by atoms with Gasteiger partial charge in [0.1, 0.15) is 5.82 Å². The molecule has 0 unspecified atom stereocenters. The summed E-state index contributed by atoms with van der Waals surface area (Å²) in [6, 6.07) is 8.36. The normalized spacial score (nSPS) is 10.5. The highest BCUT2D eigenvalue weighted by Gasteiger charge is 1.99. The zero-order valence-electron chi connectivity index (χ0n) is 7.80. The number of fused-ring (bicyclic) bond motifs is 1. The third kappa shape index (κ3) is 1.52. The molecule has 2 N–H and O–H groups in total. The van der Waals surface area contributed by atoms with Crippen molar-refractivity contribution in [3.05, 3.63) is 30.5 Å². The maximum absolute atomic E-state index is 3.36. The number of aromatic nitrogens is 1. The van der Waals surface area contributed by atoms with Crippen LogP contribution >= 0.6 is 0 Å². The van der Waals surface area contributed by atoms with Crippen molar-refractivity contribution in [3.8, 4) is 0 Å². The van der Waals surface area contributed by atoms with E-state index in [0.717, 1.165) is 18.8 Å². The van der Waals surface area contributed by atoms with Gasteiger partial charge in [-0.2, -0.15) is 0 Å². The average Bonchev–Trinajstić information content (AvgIpc) is 2.58. The third-order valence-corrected chi connectivity index (χ3v) is 2.15. The third-order valence-electron chi connectivity index (χ3n) is 2.15. The van der Waals surface area contributed by atoms with Crippen molar-refractivity contribution < 1.29 is 0 Å². The lowest BCUT2D eigenvalue weighted by Gasteiger charge is -2.01. The van der Waals surface area contributed by atoms with E-state index in [1.54, 1.807) is 0 Å². The summed E-state index contributed by atoms with van der Waals surface area (Å²) >= 11 is 0. The molecule has 0 saturated carbocycles. The van der Waals surface area contributed by atoms with Crippen molar-refractivity contribution in [2.45, 2.75) is 13.3 Å². The zero-order valence-corrected chi connectivity index (χ0v) is 7.80. The molecule has 2 aromatic rings. The highest BCUT2D eigenvalue weighted by Crippen LogP contribution is 2.21. The number of hydrogen-bond acceptors (Lipinski definition) is 1. The van der Waals surface area contributed by atoms with Gasteiger partial charge in [0.05, 0.1) is 0 Å². The summed E-state index contributed by atoms with van der Waals surface area (Å²) in [5.74, 6) is 1.14. The lowest BCUT2D eigenvalue weighted by molar-refractivity contribution is 0.974. The van der Waals surface area contributed by atoms with E-state index in [2.05, 4.69) is 41.5 Å². The largest absolute Gasteiger partial charge is 0.371 e. The number of H-pyrrole nitrogens is 1. The highest BCUT2D eigenvalue weighted by atomic mass is 15.0. The first-order valence-electron chi connectivity index (χ1n) is 4.72. The number of benzene rings is 1. The molecule has 0 saturated heterocycles. The molecule has 0 aliphatic heterocycles. The van der Waals surface area contributed by atoms with Gasteiger partial charge < -0.3 is 10.3 Å². The second-order valence-electron chi connectivity index (χ2n) is 3.18. The minimum atomic E-state index is 1.02. The molecule has 1 heterocycles. The van der Waals surface area contributed by atoms with Crippen molar-refractivity contribution in [1.82, 2.24) is 4.98 Å². The Morgan fingerprint density at radius 1 is 1.31 bits per heavy atom. The molecule has 68 valence electrons. The first-order valence-corrected chi connectivity index (χ1v) is 4.72. The summed E-state index contributed by atoms with van der Waals surface area (Å²) in [5, 5.41) is 5.90. The van der Waals surface area contributed by atoms with Crippen LogP contribution in [0.25, 0.3) is 10.8 Å². The van der Waals surface area contributed by atoms with Gasteiger partial charge >= 0.3 is 0 Å². The average molecular weight is 174 g/mol. The molecule has 0 aliphatic rings. The van der Waals surface area contributed by atoms with Crippen molar-refractivity contribution in [1.29, 1.82) is 0 Å². The molecule has 13 heavy (non-hydrogen) atoms. The van der Waals surface area contributed by atoms with Crippen molar-refractivity contribution in [3.63, 3.8) is 0 Å². The van der Waals surface area contributed by atoms with Crippen LogP contribution in [-0.2, 0) is 0 Å². The van der Waals surface area contributed by atoms with E-state index in [-0.39, 0.29) is 0 Å². The van der Waals surface area contributed by atoms with E-state index in [1.807, 2.05) is 6.20 Å². The molecule has 2 heteroatoms. The Morgan fingerprint density at radius 3 is 3.00 bits per heavy atom. The van der Waals surface area contributed by atoms with E-state index in [1.165, 1.54) is 10.8 Å². The number of rotatable bonds is 3. The molecule has 1 aromatic heterocycles. The minimum Gasteiger partial charge on any atom is -0.371 e. The number of nitrogens with one attached hydrogen (secondary N) is 2. The lowest BCUT2D eigenvalue weighted by atomic mass is 10.2. The van der Waals surface area contributed by atoms with Crippen LogP contribution in [0.15, 0.2) is 30.5 Å². The maximum atomic E-state index is 3.36. The van der Waals surface area contributed by atoms with E-state index in [9.17, 15) is 0 Å². The van der Waals surface area contributed by atoms with Gasteiger partial charge in [0.2, 0.25) is 0 Å². The fourth-order valence-electron chi connectivity index (χ4n) is 1.47. The van der Waals surface area contributed by atoms with Crippen LogP contribution in [0.5, 0.6) is 0 Å². The van der Waals surface area contributed by atoms with Gasteiger partial charge in [-0.05, 0) is 6.42 Å². The van der Waals surface area contributed by atoms with Crippen LogP contribution in [0.3, 0.4) is 0 Å². The zero-order chi connectivity index (χ0) is 9.10. The Hall–Kier alpha value is -1.44. The van der Waals surface area contributed by atoms with Gasteiger partial charge in [-0.1, -0.05) is 31.2 Å². The van der Waals surface area contributed by atoms with Crippen LogP contribution in [-0.4, -0.2) is 11.5 Å². The van der Waals surface area contributed by atoms with E-state index in [0.29, 0.717) is 0 Å². The molecular formula is C11H14N2. The van der Waals surface area contributed by atoms with Gasteiger partial charge in [0, 0.05) is 23.5 Å². The molecule has 2 rings (SSSR count). The van der Waals surface area contributed by atoms with Crippen molar-refractivity contribution in [2.24, 2.45) is 0 Å². The first kappa shape index (κ1) is 8.17. The van der Waals surface area contributed by atoms with Gasteiger partial charge in [0.15, 0.2) is 0 Å². The van der Waals surface area contributed by atoms with Crippen LogP contribution in [0, 0.1) is 0 Å².